The first-order valence-corrected chi connectivity index (χ1v) is 13.3. The molecular weight excluding hydrogens is 587 g/mol. The number of alkyl carbamates (subject to hydrolysis) is 1. The lowest BCUT2D eigenvalue weighted by molar-refractivity contribution is -0.268. The standard InChI is InChI=1S/C22H31BrF3N3O7S/c1-19(2,3)35-17(30)15(29-18(31)36-20(4,5)6)9-11-28-37(33,34)12-10-21(32,22(24,25)26)16-8-7-14(23)13-27-16/h7-8,11,13,15,32H,9-10,12H2,1-6H3,(H,29,31)/t15-,21?/m0/s1. The fraction of sp³-hybridized carbons (Fsp3) is 0.636. The molecule has 0 aliphatic rings. The second kappa shape index (κ2) is 12.1. The molecule has 1 aromatic heterocycles. The maximum atomic E-state index is 13.6. The van der Waals surface area contributed by atoms with Crippen LogP contribution < -0.4 is 5.32 Å². The Morgan fingerprint density at radius 3 is 2.16 bits per heavy atom. The highest BCUT2D eigenvalue weighted by Crippen LogP contribution is 2.41. The summed E-state index contributed by atoms with van der Waals surface area (Å²) in [7, 11) is -4.53. The van der Waals surface area contributed by atoms with Gasteiger partial charge in [-0.05, 0) is 69.6 Å². The van der Waals surface area contributed by atoms with Crippen LogP contribution in [0.4, 0.5) is 18.0 Å². The third-order valence-corrected chi connectivity index (χ3v) is 5.96. The second-order valence-corrected chi connectivity index (χ2v) is 12.7. The van der Waals surface area contributed by atoms with Crippen molar-refractivity contribution in [1.82, 2.24) is 10.3 Å². The maximum absolute atomic E-state index is 13.6. The first kappa shape index (κ1) is 32.8. The van der Waals surface area contributed by atoms with Crippen molar-refractivity contribution in [2.24, 2.45) is 4.40 Å². The Hall–Kier alpha value is -2.26. The van der Waals surface area contributed by atoms with Crippen LogP contribution in [0.1, 0.15) is 60.1 Å². The van der Waals surface area contributed by atoms with Gasteiger partial charge in [-0.15, -0.1) is 0 Å². The van der Waals surface area contributed by atoms with Gasteiger partial charge in [-0.1, -0.05) is 0 Å². The van der Waals surface area contributed by atoms with Crippen LogP contribution in [0.3, 0.4) is 0 Å². The summed E-state index contributed by atoms with van der Waals surface area (Å²) in [4.78, 5) is 28.2. The minimum absolute atomic E-state index is 0.359. The summed E-state index contributed by atoms with van der Waals surface area (Å²) < 4.78 is 79.6. The Bertz CT molecular complexity index is 1080. The van der Waals surface area contributed by atoms with Crippen molar-refractivity contribution in [1.29, 1.82) is 0 Å². The monoisotopic (exact) mass is 617 g/mol. The van der Waals surface area contributed by atoms with Crippen LogP contribution in [0, 0.1) is 0 Å². The van der Waals surface area contributed by atoms with Gasteiger partial charge in [-0.3, -0.25) is 4.98 Å². The van der Waals surface area contributed by atoms with E-state index in [1.54, 1.807) is 41.5 Å². The van der Waals surface area contributed by atoms with Crippen molar-refractivity contribution in [2.45, 2.75) is 83.4 Å². The highest BCUT2D eigenvalue weighted by molar-refractivity contribution is 9.10. The zero-order valence-corrected chi connectivity index (χ0v) is 23.6. The van der Waals surface area contributed by atoms with Gasteiger partial charge >= 0.3 is 18.2 Å². The summed E-state index contributed by atoms with van der Waals surface area (Å²) >= 11 is 3.02. The van der Waals surface area contributed by atoms with E-state index in [-0.39, 0.29) is 0 Å². The van der Waals surface area contributed by atoms with Crippen molar-refractivity contribution in [2.75, 3.05) is 5.75 Å². The number of alkyl halides is 3. The van der Waals surface area contributed by atoms with E-state index in [1.165, 1.54) is 6.07 Å². The number of carbonyl (C=O) groups excluding carboxylic acids is 2. The average Bonchev–Trinajstić information content (AvgIpc) is 2.68. The number of carbonyl (C=O) groups is 2. The summed E-state index contributed by atoms with van der Waals surface area (Å²) in [5.41, 5.74) is -6.15. The molecule has 0 aliphatic heterocycles. The molecule has 0 saturated heterocycles. The van der Waals surface area contributed by atoms with Gasteiger partial charge in [0.25, 0.3) is 10.0 Å². The molecule has 1 heterocycles. The van der Waals surface area contributed by atoms with Gasteiger partial charge in [0.15, 0.2) is 0 Å². The van der Waals surface area contributed by atoms with Crippen molar-refractivity contribution in [3.05, 3.63) is 28.5 Å². The third kappa shape index (κ3) is 11.3. The van der Waals surface area contributed by atoms with Crippen molar-refractivity contribution in [3.63, 3.8) is 0 Å². The quantitative estimate of drug-likeness (QED) is 0.312. The van der Waals surface area contributed by atoms with Crippen LogP contribution in [0.2, 0.25) is 0 Å². The van der Waals surface area contributed by atoms with Gasteiger partial charge in [0.2, 0.25) is 5.60 Å². The van der Waals surface area contributed by atoms with Gasteiger partial charge in [-0.2, -0.15) is 17.6 Å². The molecular formula is C22H31BrF3N3O7S. The number of aromatic nitrogens is 1. The van der Waals surface area contributed by atoms with E-state index < -0.39 is 75.4 Å². The Balaban J connectivity index is 3.03. The summed E-state index contributed by atoms with van der Waals surface area (Å²) in [6.45, 7) is 9.52. The maximum Gasteiger partial charge on any atom is 0.423 e. The van der Waals surface area contributed by atoms with Crippen molar-refractivity contribution >= 4 is 44.2 Å². The molecule has 2 atom stereocenters. The average molecular weight is 618 g/mol. The molecule has 0 aromatic carbocycles. The number of pyridine rings is 1. The number of nitrogens with zero attached hydrogens (tertiary/aromatic N) is 2. The van der Waals surface area contributed by atoms with Crippen LogP contribution in [-0.4, -0.2) is 66.0 Å². The van der Waals surface area contributed by atoms with E-state index in [1.807, 2.05) is 0 Å². The Kier molecular flexibility index (Phi) is 10.7. The largest absolute Gasteiger partial charge is 0.458 e. The number of halogens is 4. The molecule has 1 amide bonds. The molecule has 0 aliphatic carbocycles. The lowest BCUT2D eigenvalue weighted by atomic mass is 9.95. The van der Waals surface area contributed by atoms with Crippen LogP contribution in [-0.2, 0) is 29.9 Å². The summed E-state index contributed by atoms with van der Waals surface area (Å²) in [6, 6.07) is 0.744. The molecule has 0 spiro atoms. The summed E-state index contributed by atoms with van der Waals surface area (Å²) in [5, 5.41) is 12.6. The molecule has 2 N–H and O–H groups in total. The molecule has 0 saturated carbocycles. The van der Waals surface area contributed by atoms with Crippen LogP contribution in [0.5, 0.6) is 0 Å². The van der Waals surface area contributed by atoms with Gasteiger partial charge in [0, 0.05) is 29.7 Å². The minimum Gasteiger partial charge on any atom is -0.458 e. The van der Waals surface area contributed by atoms with Crippen molar-refractivity contribution < 1.29 is 45.8 Å². The molecule has 10 nitrogen and oxygen atoms in total. The lowest BCUT2D eigenvalue weighted by Crippen LogP contribution is -2.46. The van der Waals surface area contributed by atoms with Gasteiger partial charge in [0.05, 0.1) is 11.4 Å². The zero-order chi connectivity index (χ0) is 28.9. The number of sulfonamides is 1. The molecule has 210 valence electrons. The van der Waals surface area contributed by atoms with E-state index >= 15 is 0 Å². The van der Waals surface area contributed by atoms with Gasteiger partial charge in [0.1, 0.15) is 17.2 Å². The lowest BCUT2D eigenvalue weighted by Gasteiger charge is -2.29. The Morgan fingerprint density at radius 2 is 1.70 bits per heavy atom. The fourth-order valence-corrected chi connectivity index (χ4v) is 3.87. The van der Waals surface area contributed by atoms with Gasteiger partial charge < -0.3 is 19.9 Å². The van der Waals surface area contributed by atoms with E-state index in [0.717, 1.165) is 18.5 Å². The zero-order valence-electron chi connectivity index (χ0n) is 21.2. The molecule has 1 unspecified atom stereocenters. The number of hydrogen-bond donors (Lipinski definition) is 2. The highest BCUT2D eigenvalue weighted by Gasteiger charge is 2.56. The van der Waals surface area contributed by atoms with Crippen LogP contribution >= 0.6 is 15.9 Å². The third-order valence-electron chi connectivity index (χ3n) is 4.30. The molecule has 1 aromatic rings. The Labute approximate surface area is 222 Å². The van der Waals surface area contributed by atoms with Gasteiger partial charge in [-0.25, -0.2) is 18.0 Å². The first-order valence-electron chi connectivity index (χ1n) is 10.9. The predicted octanol–water partition coefficient (Wildman–Crippen LogP) is 4.01. The molecule has 15 heteroatoms. The van der Waals surface area contributed by atoms with Crippen LogP contribution in [0.15, 0.2) is 27.2 Å². The highest BCUT2D eigenvalue weighted by atomic mass is 79.9. The van der Waals surface area contributed by atoms with E-state index in [0.29, 0.717) is 4.47 Å². The molecule has 37 heavy (non-hydrogen) atoms. The summed E-state index contributed by atoms with van der Waals surface area (Å²) in [6.07, 6.45) is -6.16. The Morgan fingerprint density at radius 1 is 1.14 bits per heavy atom. The normalized spacial score (nSPS) is 15.6. The van der Waals surface area contributed by atoms with E-state index in [4.69, 9.17) is 9.47 Å². The number of amides is 1. The fourth-order valence-electron chi connectivity index (χ4n) is 2.66. The topological polar surface area (TPSA) is 144 Å². The SMILES string of the molecule is CC(C)(C)OC(=O)N[C@@H](CC=NS(=O)(=O)CCC(O)(c1ccc(Br)cn1)C(F)(F)F)C(=O)OC(C)(C)C. The number of esters is 1. The molecule has 0 fully saturated rings. The number of aliphatic hydroxyl groups is 1. The number of hydrogen-bond acceptors (Lipinski definition) is 8. The number of nitrogens with one attached hydrogen (secondary N) is 1. The van der Waals surface area contributed by atoms with E-state index in [2.05, 4.69) is 30.6 Å². The summed E-state index contributed by atoms with van der Waals surface area (Å²) in [5.74, 6) is -2.09. The predicted molar refractivity (Wildman–Crippen MR) is 132 cm³/mol. The smallest absolute Gasteiger partial charge is 0.423 e. The number of ether oxygens (including phenoxy) is 2. The number of rotatable bonds is 9. The molecule has 0 radical (unpaired) electrons. The second-order valence-electron chi connectivity index (χ2n) is 10.0. The van der Waals surface area contributed by atoms with Crippen molar-refractivity contribution in [3.8, 4) is 0 Å². The molecule has 0 bridgehead atoms. The van der Waals surface area contributed by atoms with Crippen LogP contribution in [0.25, 0.3) is 0 Å². The first-order chi connectivity index (χ1) is 16.5. The minimum atomic E-state index is -5.23. The van der Waals surface area contributed by atoms with E-state index in [9.17, 15) is 36.3 Å². The molecule has 1 rings (SSSR count).